The Morgan fingerprint density at radius 3 is 2.90 bits per heavy atom. The molecule has 1 atom stereocenters. The van der Waals surface area contributed by atoms with Gasteiger partial charge < -0.3 is 5.11 Å². The van der Waals surface area contributed by atoms with Gasteiger partial charge in [-0.25, -0.2) is 0 Å². The minimum absolute atomic E-state index is 0.680. The molecule has 0 amide bonds. The van der Waals surface area contributed by atoms with Crippen molar-refractivity contribution in [3.63, 3.8) is 0 Å². The molecule has 3 rings (SSSR count). The standard InChI is InChI=1S/C15H18N4O/c1-3-8-19-10-11(9-16-19)15(20)14-12-6-4-5-7-13(12)18(2)17-14/h4-7,9-10,15,20H,3,8H2,1-2H3. The summed E-state index contributed by atoms with van der Waals surface area (Å²) < 4.78 is 3.65. The average Bonchev–Trinajstić information content (AvgIpc) is 3.05. The van der Waals surface area contributed by atoms with E-state index in [4.69, 9.17) is 0 Å². The van der Waals surface area contributed by atoms with Crippen LogP contribution in [0, 0.1) is 0 Å². The Morgan fingerprint density at radius 1 is 1.30 bits per heavy atom. The van der Waals surface area contributed by atoms with E-state index in [1.165, 1.54) is 0 Å². The minimum Gasteiger partial charge on any atom is -0.382 e. The molecule has 0 bridgehead atoms. The second-order valence-corrected chi connectivity index (χ2v) is 4.97. The fourth-order valence-corrected chi connectivity index (χ4v) is 2.47. The molecule has 1 unspecified atom stereocenters. The number of aliphatic hydroxyl groups excluding tert-OH is 1. The van der Waals surface area contributed by atoms with E-state index >= 15 is 0 Å². The summed E-state index contributed by atoms with van der Waals surface area (Å²) in [6.45, 7) is 2.96. The molecule has 104 valence electrons. The molecule has 0 spiro atoms. The van der Waals surface area contributed by atoms with Crippen LogP contribution in [0.1, 0.15) is 30.7 Å². The predicted octanol–water partition coefficient (Wildman–Crippen LogP) is 2.26. The lowest BCUT2D eigenvalue weighted by atomic mass is 10.1. The van der Waals surface area contributed by atoms with E-state index in [0.717, 1.165) is 29.4 Å². The van der Waals surface area contributed by atoms with Crippen LogP contribution < -0.4 is 0 Å². The highest BCUT2D eigenvalue weighted by Gasteiger charge is 2.19. The Balaban J connectivity index is 2.01. The van der Waals surface area contributed by atoms with E-state index in [1.54, 1.807) is 10.9 Å². The molecule has 5 heteroatoms. The zero-order chi connectivity index (χ0) is 14.1. The zero-order valence-electron chi connectivity index (χ0n) is 11.7. The van der Waals surface area contributed by atoms with Crippen molar-refractivity contribution >= 4 is 10.9 Å². The van der Waals surface area contributed by atoms with Crippen LogP contribution >= 0.6 is 0 Å². The van der Waals surface area contributed by atoms with Crippen molar-refractivity contribution in [1.82, 2.24) is 19.6 Å². The maximum Gasteiger partial charge on any atom is 0.126 e. The topological polar surface area (TPSA) is 55.9 Å². The summed E-state index contributed by atoms with van der Waals surface area (Å²) in [4.78, 5) is 0. The molecule has 2 heterocycles. The van der Waals surface area contributed by atoms with Gasteiger partial charge in [-0.2, -0.15) is 10.2 Å². The largest absolute Gasteiger partial charge is 0.382 e. The first kappa shape index (κ1) is 12.9. The van der Waals surface area contributed by atoms with Crippen LogP contribution in [0.15, 0.2) is 36.7 Å². The summed E-state index contributed by atoms with van der Waals surface area (Å²) in [5.74, 6) is 0. The van der Waals surface area contributed by atoms with E-state index in [1.807, 2.05) is 42.2 Å². The Morgan fingerprint density at radius 2 is 2.10 bits per heavy atom. The van der Waals surface area contributed by atoms with Crippen molar-refractivity contribution < 1.29 is 5.11 Å². The van der Waals surface area contributed by atoms with Gasteiger partial charge in [0.25, 0.3) is 0 Å². The summed E-state index contributed by atoms with van der Waals surface area (Å²) in [5, 5.41) is 20.2. The molecule has 0 aliphatic heterocycles. The van der Waals surface area contributed by atoms with Gasteiger partial charge in [-0.1, -0.05) is 25.1 Å². The number of rotatable bonds is 4. The van der Waals surface area contributed by atoms with Crippen LogP contribution in [0.3, 0.4) is 0 Å². The first-order valence-electron chi connectivity index (χ1n) is 6.82. The summed E-state index contributed by atoms with van der Waals surface area (Å²) in [5.41, 5.74) is 2.48. The predicted molar refractivity (Wildman–Crippen MR) is 77.3 cm³/mol. The number of benzene rings is 1. The monoisotopic (exact) mass is 270 g/mol. The number of fused-ring (bicyclic) bond motifs is 1. The molecule has 3 aromatic rings. The van der Waals surface area contributed by atoms with Crippen LogP contribution in [0.2, 0.25) is 0 Å². The third kappa shape index (κ3) is 2.10. The van der Waals surface area contributed by atoms with Gasteiger partial charge in [0, 0.05) is 30.7 Å². The van der Waals surface area contributed by atoms with Crippen LogP contribution in [0.5, 0.6) is 0 Å². The summed E-state index contributed by atoms with van der Waals surface area (Å²) in [6, 6.07) is 7.91. The zero-order valence-corrected chi connectivity index (χ0v) is 11.7. The molecule has 5 nitrogen and oxygen atoms in total. The second-order valence-electron chi connectivity index (χ2n) is 4.97. The van der Waals surface area contributed by atoms with E-state index in [2.05, 4.69) is 17.1 Å². The third-order valence-electron chi connectivity index (χ3n) is 3.47. The van der Waals surface area contributed by atoms with Gasteiger partial charge in [-0.15, -0.1) is 0 Å². The van der Waals surface area contributed by atoms with Crippen molar-refractivity contribution in [2.24, 2.45) is 7.05 Å². The Kier molecular flexibility index (Phi) is 3.28. The lowest BCUT2D eigenvalue weighted by Crippen LogP contribution is -2.01. The Bertz CT molecular complexity index is 728. The number of nitrogens with zero attached hydrogens (tertiary/aromatic N) is 4. The van der Waals surface area contributed by atoms with Crippen LogP contribution in [-0.4, -0.2) is 24.7 Å². The molecule has 2 aromatic heterocycles. The fourth-order valence-electron chi connectivity index (χ4n) is 2.47. The van der Waals surface area contributed by atoms with E-state index in [9.17, 15) is 5.11 Å². The molecule has 1 aromatic carbocycles. The minimum atomic E-state index is -0.744. The van der Waals surface area contributed by atoms with Crippen LogP contribution in [-0.2, 0) is 13.6 Å². The maximum atomic E-state index is 10.6. The highest BCUT2D eigenvalue weighted by atomic mass is 16.3. The first-order chi connectivity index (χ1) is 9.70. The molecule has 0 aliphatic carbocycles. The second kappa shape index (κ2) is 5.09. The number of aromatic nitrogens is 4. The normalized spacial score (nSPS) is 12.9. The van der Waals surface area contributed by atoms with Gasteiger partial charge in [-0.05, 0) is 12.5 Å². The lowest BCUT2D eigenvalue weighted by Gasteiger charge is -2.05. The van der Waals surface area contributed by atoms with Crippen molar-refractivity contribution in [2.45, 2.75) is 26.0 Å². The number of hydrogen-bond donors (Lipinski definition) is 1. The van der Waals surface area contributed by atoms with E-state index in [-0.39, 0.29) is 0 Å². The van der Waals surface area contributed by atoms with Crippen molar-refractivity contribution in [3.05, 3.63) is 47.9 Å². The van der Waals surface area contributed by atoms with Crippen molar-refractivity contribution in [2.75, 3.05) is 0 Å². The molecule has 0 fully saturated rings. The fraction of sp³-hybridized carbons (Fsp3) is 0.333. The van der Waals surface area contributed by atoms with Gasteiger partial charge in [0.05, 0.1) is 11.7 Å². The number of aliphatic hydroxyl groups is 1. The molecule has 0 saturated carbocycles. The lowest BCUT2D eigenvalue weighted by molar-refractivity contribution is 0.215. The van der Waals surface area contributed by atoms with Crippen molar-refractivity contribution in [1.29, 1.82) is 0 Å². The average molecular weight is 270 g/mol. The molecular formula is C15H18N4O. The first-order valence-corrected chi connectivity index (χ1v) is 6.82. The molecular weight excluding hydrogens is 252 g/mol. The molecule has 0 saturated heterocycles. The highest BCUT2D eigenvalue weighted by molar-refractivity contribution is 5.82. The SMILES string of the molecule is CCCn1cc(C(O)c2nn(C)c3ccccc23)cn1. The Labute approximate surface area is 117 Å². The highest BCUT2D eigenvalue weighted by Crippen LogP contribution is 2.27. The van der Waals surface area contributed by atoms with Gasteiger partial charge >= 0.3 is 0 Å². The van der Waals surface area contributed by atoms with Gasteiger partial charge in [0.1, 0.15) is 11.8 Å². The van der Waals surface area contributed by atoms with Gasteiger partial charge in [-0.3, -0.25) is 9.36 Å². The summed E-state index contributed by atoms with van der Waals surface area (Å²) in [6.07, 6.45) is 3.87. The van der Waals surface area contributed by atoms with Crippen LogP contribution in [0.4, 0.5) is 0 Å². The van der Waals surface area contributed by atoms with Gasteiger partial charge in [0.2, 0.25) is 0 Å². The third-order valence-corrected chi connectivity index (χ3v) is 3.47. The van der Waals surface area contributed by atoms with E-state index < -0.39 is 6.10 Å². The summed E-state index contributed by atoms with van der Waals surface area (Å²) >= 11 is 0. The molecule has 1 N–H and O–H groups in total. The number of para-hydroxylation sites is 1. The Hall–Kier alpha value is -2.14. The maximum absolute atomic E-state index is 10.6. The number of aryl methyl sites for hydroxylation is 2. The molecule has 20 heavy (non-hydrogen) atoms. The molecule has 0 radical (unpaired) electrons. The summed E-state index contributed by atoms with van der Waals surface area (Å²) in [7, 11) is 1.89. The van der Waals surface area contributed by atoms with Gasteiger partial charge in [0.15, 0.2) is 0 Å². The van der Waals surface area contributed by atoms with Crippen molar-refractivity contribution in [3.8, 4) is 0 Å². The quantitative estimate of drug-likeness (QED) is 0.791. The smallest absolute Gasteiger partial charge is 0.126 e. The number of hydrogen-bond acceptors (Lipinski definition) is 3. The van der Waals surface area contributed by atoms with E-state index in [0.29, 0.717) is 5.69 Å². The van der Waals surface area contributed by atoms with Crippen LogP contribution in [0.25, 0.3) is 10.9 Å². The molecule has 0 aliphatic rings.